The van der Waals surface area contributed by atoms with E-state index in [1.54, 1.807) is 0 Å². The fourth-order valence-corrected chi connectivity index (χ4v) is 3.46. The third-order valence-corrected chi connectivity index (χ3v) is 5.52. The van der Waals surface area contributed by atoms with Crippen molar-refractivity contribution in [3.63, 3.8) is 0 Å². The molecule has 0 bridgehead atoms. The van der Waals surface area contributed by atoms with Gasteiger partial charge in [0, 0.05) is 0 Å². The number of allylic oxidation sites excluding steroid dienone is 4. The molecular formula is C37H52. The van der Waals surface area contributed by atoms with Gasteiger partial charge in [-0.3, -0.25) is 0 Å². The van der Waals surface area contributed by atoms with Gasteiger partial charge in [-0.05, 0) is 66.6 Å². The van der Waals surface area contributed by atoms with Crippen molar-refractivity contribution in [1.29, 1.82) is 0 Å². The third kappa shape index (κ3) is 13.5. The monoisotopic (exact) mass is 496 g/mol. The van der Waals surface area contributed by atoms with E-state index in [-0.39, 0.29) is 14.9 Å². The van der Waals surface area contributed by atoms with Crippen LogP contribution in [0, 0.1) is 6.92 Å². The normalized spacial score (nSPS) is 9.86. The summed E-state index contributed by atoms with van der Waals surface area (Å²) in [6, 6.07) is 34.1. The molecule has 0 aliphatic carbocycles. The van der Waals surface area contributed by atoms with Crippen molar-refractivity contribution < 1.29 is 0 Å². The van der Waals surface area contributed by atoms with E-state index in [2.05, 4.69) is 125 Å². The van der Waals surface area contributed by atoms with E-state index < -0.39 is 0 Å². The van der Waals surface area contributed by atoms with Crippen molar-refractivity contribution in [1.82, 2.24) is 0 Å². The van der Waals surface area contributed by atoms with Crippen LogP contribution in [0.5, 0.6) is 0 Å². The molecule has 0 N–H and O–H groups in total. The Labute approximate surface area is 229 Å². The predicted octanol–water partition coefficient (Wildman–Crippen LogP) is 11.9. The summed E-state index contributed by atoms with van der Waals surface area (Å²) in [5.74, 6) is 0. The molecule has 0 aromatic heterocycles. The van der Waals surface area contributed by atoms with Crippen LogP contribution in [-0.2, 0) is 12.8 Å². The molecule has 4 rings (SSSR count). The highest BCUT2D eigenvalue weighted by Crippen LogP contribution is 2.17. The van der Waals surface area contributed by atoms with Crippen LogP contribution in [-0.4, -0.2) is 0 Å². The van der Waals surface area contributed by atoms with Crippen molar-refractivity contribution in [3.05, 3.63) is 138 Å². The van der Waals surface area contributed by atoms with Gasteiger partial charge >= 0.3 is 0 Å². The van der Waals surface area contributed by atoms with E-state index in [0.29, 0.717) is 0 Å². The Morgan fingerprint density at radius 3 is 1.59 bits per heavy atom. The van der Waals surface area contributed by atoms with E-state index in [1.807, 2.05) is 39.0 Å². The molecule has 0 aliphatic heterocycles. The largest absolute Gasteiger partial charge is 0.0871 e. The molecule has 0 nitrogen and oxygen atoms in total. The second-order valence-corrected chi connectivity index (χ2v) is 7.98. The Morgan fingerprint density at radius 2 is 1.14 bits per heavy atom. The quantitative estimate of drug-likeness (QED) is 0.246. The van der Waals surface area contributed by atoms with Crippen LogP contribution in [0.4, 0.5) is 0 Å². The van der Waals surface area contributed by atoms with Gasteiger partial charge in [-0.2, -0.15) is 0 Å². The molecule has 0 aliphatic rings. The minimum absolute atomic E-state index is 0. The number of hydrogen-bond donors (Lipinski definition) is 0. The Bertz CT molecular complexity index is 1130. The SMILES string of the molecule is C.C.C/C=C\C(=C/C)c1ccc(CC)cc1.CC.CCc1ccc2ccccc2c1.Cc1ccccc1. The molecule has 0 spiro atoms. The fourth-order valence-electron chi connectivity index (χ4n) is 3.46. The lowest BCUT2D eigenvalue weighted by Gasteiger charge is -2.03. The minimum atomic E-state index is 0. The lowest BCUT2D eigenvalue weighted by atomic mass is 10.0. The van der Waals surface area contributed by atoms with Crippen molar-refractivity contribution in [3.8, 4) is 0 Å². The van der Waals surface area contributed by atoms with Crippen LogP contribution in [0.1, 0.15) is 78.6 Å². The number of rotatable bonds is 4. The predicted molar refractivity (Wildman–Crippen MR) is 174 cm³/mol. The zero-order chi connectivity index (χ0) is 25.9. The van der Waals surface area contributed by atoms with Crippen LogP contribution in [0.2, 0.25) is 0 Å². The molecule has 0 heteroatoms. The smallest absolute Gasteiger partial charge is 0.0181 e. The van der Waals surface area contributed by atoms with Gasteiger partial charge in [0.25, 0.3) is 0 Å². The van der Waals surface area contributed by atoms with Crippen molar-refractivity contribution >= 4 is 16.3 Å². The highest BCUT2D eigenvalue weighted by molar-refractivity contribution is 5.83. The molecule has 0 saturated carbocycles. The first-order valence-corrected chi connectivity index (χ1v) is 13.0. The van der Waals surface area contributed by atoms with Gasteiger partial charge in [0.1, 0.15) is 0 Å². The average Bonchev–Trinajstić information content (AvgIpc) is 2.94. The molecule has 0 saturated heterocycles. The summed E-state index contributed by atoms with van der Waals surface area (Å²) >= 11 is 0. The van der Waals surface area contributed by atoms with Crippen LogP contribution < -0.4 is 0 Å². The standard InChI is InChI=1S/C14H18.C12H12.C7H8.C2H6.2CH4/c1-4-7-13(6-3)14-10-8-12(5-2)9-11-14;1-2-10-7-8-11-5-3-4-6-12(11)9-10;1-7-5-3-2-4-6-7;1-2;;/h4,6-11H,5H2,1-3H3;3-9H,2H2,1H3;2-6H,1H3;1-2H3;2*1H4/b7-4-,13-6+;;;;;. The Hall–Kier alpha value is -3.38. The topological polar surface area (TPSA) is 0 Å². The zero-order valence-electron chi connectivity index (χ0n) is 22.9. The van der Waals surface area contributed by atoms with Crippen molar-refractivity contribution in [2.45, 2.75) is 76.2 Å². The molecule has 0 amide bonds. The van der Waals surface area contributed by atoms with E-state index in [9.17, 15) is 0 Å². The maximum Gasteiger partial charge on any atom is -0.0181 e. The van der Waals surface area contributed by atoms with Gasteiger partial charge in [0.2, 0.25) is 0 Å². The molecule has 0 atom stereocenters. The molecular weight excluding hydrogens is 444 g/mol. The average molecular weight is 497 g/mol. The molecule has 0 radical (unpaired) electrons. The van der Waals surface area contributed by atoms with Crippen molar-refractivity contribution in [2.24, 2.45) is 0 Å². The number of aryl methyl sites for hydroxylation is 3. The molecule has 37 heavy (non-hydrogen) atoms. The van der Waals surface area contributed by atoms with Gasteiger partial charge in [0.05, 0.1) is 0 Å². The molecule has 0 heterocycles. The summed E-state index contributed by atoms with van der Waals surface area (Å²) < 4.78 is 0. The summed E-state index contributed by atoms with van der Waals surface area (Å²) in [6.07, 6.45) is 8.57. The first-order chi connectivity index (χ1) is 17.1. The van der Waals surface area contributed by atoms with E-state index >= 15 is 0 Å². The maximum absolute atomic E-state index is 2.26. The van der Waals surface area contributed by atoms with Crippen LogP contribution in [0.3, 0.4) is 0 Å². The molecule has 0 fully saturated rings. The molecule has 4 aromatic carbocycles. The number of fused-ring (bicyclic) bond motifs is 1. The van der Waals surface area contributed by atoms with Gasteiger partial charge in [-0.1, -0.05) is 163 Å². The summed E-state index contributed by atoms with van der Waals surface area (Å²) in [7, 11) is 0. The van der Waals surface area contributed by atoms with Gasteiger partial charge in [0.15, 0.2) is 0 Å². The lowest BCUT2D eigenvalue weighted by molar-refractivity contribution is 1.14. The van der Waals surface area contributed by atoms with Gasteiger partial charge < -0.3 is 0 Å². The van der Waals surface area contributed by atoms with Crippen LogP contribution >= 0.6 is 0 Å². The van der Waals surface area contributed by atoms with Gasteiger partial charge in [-0.25, -0.2) is 0 Å². The second kappa shape index (κ2) is 21.9. The van der Waals surface area contributed by atoms with Crippen LogP contribution in [0.15, 0.2) is 115 Å². The number of hydrogen-bond acceptors (Lipinski definition) is 0. The zero-order valence-corrected chi connectivity index (χ0v) is 22.9. The third-order valence-electron chi connectivity index (χ3n) is 5.52. The molecule has 0 unspecified atom stereocenters. The van der Waals surface area contributed by atoms with E-state index in [0.717, 1.165) is 12.8 Å². The highest BCUT2D eigenvalue weighted by atomic mass is 14.0. The molecule has 4 aromatic rings. The second-order valence-electron chi connectivity index (χ2n) is 7.98. The summed E-state index contributed by atoms with van der Waals surface area (Å²) in [5, 5.41) is 2.67. The first-order valence-electron chi connectivity index (χ1n) is 13.0. The van der Waals surface area contributed by atoms with E-state index in [1.165, 1.54) is 38.6 Å². The lowest BCUT2D eigenvalue weighted by Crippen LogP contribution is -1.83. The maximum atomic E-state index is 2.26. The fraction of sp³-hybridized carbons (Fsp3) is 0.297. The Balaban J connectivity index is 0. The summed E-state index contributed by atoms with van der Waals surface area (Å²) in [5.41, 5.74) is 6.71. The Kier molecular flexibility index (Phi) is 21.1. The first kappa shape index (κ1) is 35.8. The van der Waals surface area contributed by atoms with Crippen LogP contribution in [0.25, 0.3) is 16.3 Å². The van der Waals surface area contributed by atoms with Crippen molar-refractivity contribution in [2.75, 3.05) is 0 Å². The minimum Gasteiger partial charge on any atom is -0.0871 e. The Morgan fingerprint density at radius 1 is 0.622 bits per heavy atom. The molecule has 200 valence electrons. The summed E-state index contributed by atoms with van der Waals surface area (Å²) in [6.45, 7) is 14.6. The van der Waals surface area contributed by atoms with Gasteiger partial charge in [-0.15, -0.1) is 0 Å². The summed E-state index contributed by atoms with van der Waals surface area (Å²) in [4.78, 5) is 0. The highest BCUT2D eigenvalue weighted by Gasteiger charge is 1.96. The number of benzene rings is 4. The van der Waals surface area contributed by atoms with E-state index in [4.69, 9.17) is 0 Å².